The summed E-state index contributed by atoms with van der Waals surface area (Å²) in [6.07, 6.45) is 3.95. The number of carbonyl (C=O) groups is 1. The summed E-state index contributed by atoms with van der Waals surface area (Å²) in [6.45, 7) is 0.730. The predicted molar refractivity (Wildman–Crippen MR) is 110 cm³/mol. The second-order valence-electron chi connectivity index (χ2n) is 6.77. The number of hydrogen-bond acceptors (Lipinski definition) is 6. The molecule has 4 N–H and O–H groups in total. The number of pyridine rings is 2. The number of amides is 1. The van der Waals surface area contributed by atoms with Crippen LogP contribution in [0.1, 0.15) is 34.6 Å². The van der Waals surface area contributed by atoms with Crippen LogP contribution in [0.3, 0.4) is 0 Å². The lowest BCUT2D eigenvalue weighted by atomic mass is 10.1. The van der Waals surface area contributed by atoms with Gasteiger partial charge in [0.25, 0.3) is 5.91 Å². The molecule has 144 valence electrons. The smallest absolute Gasteiger partial charge is 0.250 e. The molecular formula is C21H19N7O. The van der Waals surface area contributed by atoms with Crippen LogP contribution in [-0.4, -0.2) is 25.4 Å². The van der Waals surface area contributed by atoms with Gasteiger partial charge < -0.3 is 16.0 Å². The highest BCUT2D eigenvalue weighted by Gasteiger charge is 2.13. The van der Waals surface area contributed by atoms with Crippen LogP contribution in [0.5, 0.6) is 0 Å². The van der Waals surface area contributed by atoms with Crippen molar-refractivity contribution in [3.63, 3.8) is 0 Å². The standard InChI is InChI=1S/C21H19N7O/c22-11-13-8-9-15(21(24)29)17(26-13)7-3-4-10-28-12-25-18-19(28)14-5-1-2-6-16(14)27-20(18)23/h1-2,5-6,8-9,12H,3-4,7,10H2,(H2,23,27)(H2,24,29). The average Bonchev–Trinajstić information content (AvgIpc) is 3.16. The summed E-state index contributed by atoms with van der Waals surface area (Å²) in [4.78, 5) is 24.7. The molecule has 3 aromatic heterocycles. The minimum Gasteiger partial charge on any atom is -0.382 e. The molecular weight excluding hydrogens is 366 g/mol. The maximum Gasteiger partial charge on any atom is 0.250 e. The van der Waals surface area contributed by atoms with Crippen LogP contribution < -0.4 is 11.5 Å². The van der Waals surface area contributed by atoms with E-state index in [0.717, 1.165) is 35.8 Å². The number of hydrogen-bond donors (Lipinski definition) is 2. The van der Waals surface area contributed by atoms with Crippen LogP contribution in [0, 0.1) is 11.3 Å². The zero-order valence-corrected chi connectivity index (χ0v) is 15.7. The molecule has 1 amide bonds. The Morgan fingerprint density at radius 1 is 1.14 bits per heavy atom. The molecule has 3 heterocycles. The summed E-state index contributed by atoms with van der Waals surface area (Å²) in [5.41, 5.74) is 15.2. The van der Waals surface area contributed by atoms with Gasteiger partial charge in [-0.25, -0.2) is 15.0 Å². The van der Waals surface area contributed by atoms with Gasteiger partial charge in [-0.3, -0.25) is 4.79 Å². The van der Waals surface area contributed by atoms with E-state index in [1.807, 2.05) is 30.3 Å². The van der Waals surface area contributed by atoms with E-state index in [4.69, 9.17) is 16.7 Å². The maximum atomic E-state index is 11.6. The van der Waals surface area contributed by atoms with Crippen LogP contribution in [0.2, 0.25) is 0 Å². The Bertz CT molecular complexity index is 1270. The molecule has 0 saturated heterocycles. The second-order valence-corrected chi connectivity index (χ2v) is 6.77. The molecule has 4 rings (SSSR count). The van der Waals surface area contributed by atoms with Gasteiger partial charge in [0.2, 0.25) is 0 Å². The molecule has 8 nitrogen and oxygen atoms in total. The Hall–Kier alpha value is -3.99. The number of nitrogen functional groups attached to an aromatic ring is 1. The lowest BCUT2D eigenvalue weighted by Gasteiger charge is -2.09. The number of imidazole rings is 1. The van der Waals surface area contributed by atoms with Crippen LogP contribution in [0.4, 0.5) is 5.82 Å². The minimum atomic E-state index is -0.535. The SMILES string of the molecule is N#Cc1ccc(C(N)=O)c(CCCCn2cnc3c(N)nc4ccccc4c32)n1. The molecule has 0 aliphatic heterocycles. The number of aryl methyl sites for hydroxylation is 2. The van der Waals surface area contributed by atoms with Crippen molar-refractivity contribution in [2.45, 2.75) is 25.8 Å². The van der Waals surface area contributed by atoms with Crippen molar-refractivity contribution in [1.29, 1.82) is 5.26 Å². The van der Waals surface area contributed by atoms with Gasteiger partial charge in [0.1, 0.15) is 17.3 Å². The van der Waals surface area contributed by atoms with E-state index in [-0.39, 0.29) is 5.69 Å². The summed E-state index contributed by atoms with van der Waals surface area (Å²) in [6, 6.07) is 12.9. The normalized spacial score (nSPS) is 11.0. The van der Waals surface area contributed by atoms with Crippen molar-refractivity contribution in [2.24, 2.45) is 5.73 Å². The fourth-order valence-corrected chi connectivity index (χ4v) is 3.53. The molecule has 0 aliphatic carbocycles. The number of rotatable bonds is 6. The number of benzene rings is 1. The summed E-state index contributed by atoms with van der Waals surface area (Å²) in [5, 5.41) is 10.1. The lowest BCUT2D eigenvalue weighted by Crippen LogP contribution is -2.15. The lowest BCUT2D eigenvalue weighted by molar-refractivity contribution is 0.0999. The molecule has 4 aromatic rings. The average molecular weight is 385 g/mol. The number of fused-ring (bicyclic) bond motifs is 3. The van der Waals surface area contributed by atoms with Gasteiger partial charge in [-0.15, -0.1) is 0 Å². The monoisotopic (exact) mass is 385 g/mol. The molecule has 0 aliphatic rings. The summed E-state index contributed by atoms with van der Waals surface area (Å²) < 4.78 is 2.07. The van der Waals surface area contributed by atoms with Crippen molar-refractivity contribution in [3.05, 3.63) is 59.7 Å². The fraction of sp³-hybridized carbons (Fsp3) is 0.190. The first-order chi connectivity index (χ1) is 14.1. The summed E-state index contributed by atoms with van der Waals surface area (Å²) >= 11 is 0. The van der Waals surface area contributed by atoms with Crippen molar-refractivity contribution in [1.82, 2.24) is 19.5 Å². The molecule has 0 bridgehead atoms. The zero-order valence-electron chi connectivity index (χ0n) is 15.7. The molecule has 0 unspecified atom stereocenters. The van der Waals surface area contributed by atoms with E-state index in [9.17, 15) is 4.79 Å². The highest BCUT2D eigenvalue weighted by atomic mass is 16.1. The molecule has 1 aromatic carbocycles. The van der Waals surface area contributed by atoms with Gasteiger partial charge >= 0.3 is 0 Å². The van der Waals surface area contributed by atoms with Gasteiger partial charge in [0.15, 0.2) is 5.82 Å². The van der Waals surface area contributed by atoms with Crippen LogP contribution in [0.15, 0.2) is 42.7 Å². The van der Waals surface area contributed by atoms with Gasteiger partial charge in [0.05, 0.1) is 28.6 Å². The number of nitriles is 1. The first kappa shape index (κ1) is 18.4. The van der Waals surface area contributed by atoms with Crippen molar-refractivity contribution >= 4 is 33.7 Å². The molecule has 0 radical (unpaired) electrons. The Labute approximate surface area is 166 Å². The van der Waals surface area contributed by atoms with Crippen LogP contribution >= 0.6 is 0 Å². The number of carbonyl (C=O) groups excluding carboxylic acids is 1. The van der Waals surface area contributed by atoms with Gasteiger partial charge in [-0.2, -0.15) is 5.26 Å². The van der Waals surface area contributed by atoms with Crippen LogP contribution in [0.25, 0.3) is 21.9 Å². The number of nitrogens with zero attached hydrogens (tertiary/aromatic N) is 5. The zero-order chi connectivity index (χ0) is 20.4. The third-order valence-corrected chi connectivity index (χ3v) is 4.90. The first-order valence-electron chi connectivity index (χ1n) is 9.27. The van der Waals surface area contributed by atoms with E-state index in [1.54, 1.807) is 12.4 Å². The van der Waals surface area contributed by atoms with Gasteiger partial charge in [-0.05, 0) is 37.5 Å². The van der Waals surface area contributed by atoms with Gasteiger partial charge in [0, 0.05) is 11.9 Å². The van der Waals surface area contributed by atoms with Gasteiger partial charge in [-0.1, -0.05) is 18.2 Å². The van der Waals surface area contributed by atoms with Crippen molar-refractivity contribution in [3.8, 4) is 6.07 Å². The molecule has 0 atom stereocenters. The molecule has 29 heavy (non-hydrogen) atoms. The quantitative estimate of drug-likeness (QED) is 0.489. The highest BCUT2D eigenvalue weighted by Crippen LogP contribution is 2.27. The van der Waals surface area contributed by atoms with E-state index < -0.39 is 5.91 Å². The van der Waals surface area contributed by atoms with E-state index in [1.165, 1.54) is 6.07 Å². The Morgan fingerprint density at radius 2 is 1.97 bits per heavy atom. The second kappa shape index (κ2) is 7.56. The number of nitrogens with two attached hydrogens (primary N) is 2. The summed E-state index contributed by atoms with van der Waals surface area (Å²) in [7, 11) is 0. The number of para-hydroxylation sites is 1. The third kappa shape index (κ3) is 3.46. The van der Waals surface area contributed by atoms with E-state index in [0.29, 0.717) is 29.0 Å². The van der Waals surface area contributed by atoms with Crippen molar-refractivity contribution < 1.29 is 4.79 Å². The Balaban J connectivity index is 1.53. The fourth-order valence-electron chi connectivity index (χ4n) is 3.53. The van der Waals surface area contributed by atoms with Crippen LogP contribution in [-0.2, 0) is 13.0 Å². The minimum absolute atomic E-state index is 0.278. The molecule has 0 saturated carbocycles. The summed E-state index contributed by atoms with van der Waals surface area (Å²) in [5.74, 6) is -0.117. The highest BCUT2D eigenvalue weighted by molar-refractivity contribution is 6.06. The number of anilines is 1. The Morgan fingerprint density at radius 3 is 2.76 bits per heavy atom. The predicted octanol–water partition coefficient (Wildman–Crippen LogP) is 2.56. The molecule has 0 fully saturated rings. The molecule has 0 spiro atoms. The number of primary amides is 1. The van der Waals surface area contributed by atoms with Crippen molar-refractivity contribution in [2.75, 3.05) is 5.73 Å². The third-order valence-electron chi connectivity index (χ3n) is 4.90. The molecule has 8 heteroatoms. The number of aromatic nitrogens is 4. The topological polar surface area (TPSA) is 136 Å². The van der Waals surface area contributed by atoms with E-state index >= 15 is 0 Å². The van der Waals surface area contributed by atoms with E-state index in [2.05, 4.69) is 19.5 Å². The number of unbranched alkanes of at least 4 members (excludes halogenated alkanes) is 1. The maximum absolute atomic E-state index is 11.6. The largest absolute Gasteiger partial charge is 0.382 e. The Kier molecular flexibility index (Phi) is 4.79. The first-order valence-corrected chi connectivity index (χ1v) is 9.27.